The van der Waals surface area contributed by atoms with E-state index in [9.17, 15) is 4.79 Å². The van der Waals surface area contributed by atoms with Crippen molar-refractivity contribution in [1.29, 1.82) is 0 Å². The zero-order chi connectivity index (χ0) is 10.6. The van der Waals surface area contributed by atoms with E-state index in [4.69, 9.17) is 16.3 Å². The van der Waals surface area contributed by atoms with Gasteiger partial charge in [0.2, 0.25) is 0 Å². The average molecular weight is 213 g/mol. The van der Waals surface area contributed by atoms with Crippen LogP contribution in [0.25, 0.3) is 0 Å². The highest BCUT2D eigenvalue weighted by molar-refractivity contribution is 6.30. The standard InChI is InChI=1S/C11H13ClO2/c1-3-11(8(2)13)14-10-6-4-9(12)5-7-10/h4-7,11H,3H2,1-2H3. The van der Waals surface area contributed by atoms with Crippen molar-refractivity contribution in [1.82, 2.24) is 0 Å². The van der Waals surface area contributed by atoms with E-state index < -0.39 is 0 Å². The number of halogens is 1. The van der Waals surface area contributed by atoms with Crippen molar-refractivity contribution in [3.63, 3.8) is 0 Å². The largest absolute Gasteiger partial charge is 0.483 e. The molecule has 0 aliphatic carbocycles. The van der Waals surface area contributed by atoms with E-state index in [0.29, 0.717) is 17.2 Å². The summed E-state index contributed by atoms with van der Waals surface area (Å²) in [5.41, 5.74) is 0. The molecule has 0 spiro atoms. The Kier molecular flexibility index (Phi) is 3.96. The Bertz CT molecular complexity index is 306. The van der Waals surface area contributed by atoms with Gasteiger partial charge in [0.25, 0.3) is 0 Å². The second kappa shape index (κ2) is 5.01. The maximum absolute atomic E-state index is 11.1. The fraction of sp³-hybridized carbons (Fsp3) is 0.364. The Labute approximate surface area is 88.8 Å². The van der Waals surface area contributed by atoms with Crippen LogP contribution in [0.1, 0.15) is 20.3 Å². The van der Waals surface area contributed by atoms with E-state index in [2.05, 4.69) is 0 Å². The van der Waals surface area contributed by atoms with Gasteiger partial charge in [-0.05, 0) is 37.6 Å². The summed E-state index contributed by atoms with van der Waals surface area (Å²) in [6, 6.07) is 7.00. The number of hydrogen-bond donors (Lipinski definition) is 0. The maximum atomic E-state index is 11.1. The van der Waals surface area contributed by atoms with Crippen LogP contribution in [0.5, 0.6) is 5.75 Å². The molecule has 14 heavy (non-hydrogen) atoms. The van der Waals surface area contributed by atoms with Gasteiger partial charge in [-0.25, -0.2) is 0 Å². The highest BCUT2D eigenvalue weighted by Crippen LogP contribution is 2.17. The summed E-state index contributed by atoms with van der Waals surface area (Å²) in [4.78, 5) is 11.1. The normalized spacial score (nSPS) is 12.2. The van der Waals surface area contributed by atoms with Gasteiger partial charge in [-0.2, -0.15) is 0 Å². The summed E-state index contributed by atoms with van der Waals surface area (Å²) in [6.45, 7) is 3.45. The SMILES string of the molecule is CCC(Oc1ccc(Cl)cc1)C(C)=O. The summed E-state index contributed by atoms with van der Waals surface area (Å²) >= 11 is 5.72. The lowest BCUT2D eigenvalue weighted by atomic mass is 10.2. The average Bonchev–Trinajstić information content (AvgIpc) is 2.16. The van der Waals surface area contributed by atoms with Crippen LogP contribution in [0.3, 0.4) is 0 Å². The molecule has 0 bridgehead atoms. The van der Waals surface area contributed by atoms with Gasteiger partial charge in [0.05, 0.1) is 0 Å². The number of hydrogen-bond acceptors (Lipinski definition) is 2. The molecular weight excluding hydrogens is 200 g/mol. The van der Waals surface area contributed by atoms with Gasteiger partial charge in [-0.3, -0.25) is 4.79 Å². The van der Waals surface area contributed by atoms with Crippen molar-refractivity contribution in [3.05, 3.63) is 29.3 Å². The minimum absolute atomic E-state index is 0.0439. The van der Waals surface area contributed by atoms with Gasteiger partial charge >= 0.3 is 0 Å². The number of carbonyl (C=O) groups excluding carboxylic acids is 1. The molecule has 1 aromatic rings. The molecule has 76 valence electrons. The summed E-state index contributed by atoms with van der Waals surface area (Å²) < 4.78 is 5.47. The van der Waals surface area contributed by atoms with Crippen LogP contribution < -0.4 is 4.74 Å². The van der Waals surface area contributed by atoms with E-state index in [0.717, 1.165) is 0 Å². The molecule has 0 aromatic heterocycles. The minimum atomic E-state index is -0.351. The molecule has 0 amide bonds. The maximum Gasteiger partial charge on any atom is 0.170 e. The van der Waals surface area contributed by atoms with Crippen molar-refractivity contribution >= 4 is 17.4 Å². The zero-order valence-corrected chi connectivity index (χ0v) is 9.04. The number of carbonyl (C=O) groups is 1. The fourth-order valence-electron chi connectivity index (χ4n) is 1.13. The van der Waals surface area contributed by atoms with Crippen molar-refractivity contribution in [3.8, 4) is 5.75 Å². The Morgan fingerprint density at radius 1 is 1.43 bits per heavy atom. The molecule has 0 fully saturated rings. The van der Waals surface area contributed by atoms with Crippen LogP contribution in [0.2, 0.25) is 5.02 Å². The zero-order valence-electron chi connectivity index (χ0n) is 8.29. The monoisotopic (exact) mass is 212 g/mol. The smallest absolute Gasteiger partial charge is 0.170 e. The van der Waals surface area contributed by atoms with Crippen LogP contribution in [0.15, 0.2) is 24.3 Å². The van der Waals surface area contributed by atoms with E-state index >= 15 is 0 Å². The molecule has 0 saturated carbocycles. The molecule has 0 radical (unpaired) electrons. The third-order valence-electron chi connectivity index (χ3n) is 1.92. The topological polar surface area (TPSA) is 26.3 Å². The Morgan fingerprint density at radius 2 is 2.00 bits per heavy atom. The number of Topliss-reactive ketones (excluding diaryl/α,β-unsaturated/α-hetero) is 1. The van der Waals surface area contributed by atoms with E-state index in [-0.39, 0.29) is 11.9 Å². The lowest BCUT2D eigenvalue weighted by molar-refractivity contribution is -0.123. The molecular formula is C11H13ClO2. The molecule has 1 atom stereocenters. The highest BCUT2D eigenvalue weighted by atomic mass is 35.5. The quantitative estimate of drug-likeness (QED) is 0.767. The first-order chi connectivity index (χ1) is 6.63. The number of rotatable bonds is 4. The van der Waals surface area contributed by atoms with Gasteiger partial charge in [0.1, 0.15) is 5.75 Å². The predicted molar refractivity (Wildman–Crippen MR) is 56.8 cm³/mol. The first-order valence-electron chi connectivity index (χ1n) is 4.56. The number of ketones is 1. The van der Waals surface area contributed by atoms with Crippen molar-refractivity contribution in [2.45, 2.75) is 26.4 Å². The predicted octanol–water partition coefficient (Wildman–Crippen LogP) is 3.09. The van der Waals surface area contributed by atoms with Crippen LogP contribution in [0, 0.1) is 0 Å². The van der Waals surface area contributed by atoms with Crippen molar-refractivity contribution in [2.75, 3.05) is 0 Å². The third-order valence-corrected chi connectivity index (χ3v) is 2.17. The van der Waals surface area contributed by atoms with Crippen molar-refractivity contribution in [2.24, 2.45) is 0 Å². The second-order valence-corrected chi connectivity index (χ2v) is 3.52. The molecule has 0 aliphatic heterocycles. The number of ether oxygens (including phenoxy) is 1. The van der Waals surface area contributed by atoms with E-state index in [1.165, 1.54) is 6.92 Å². The van der Waals surface area contributed by atoms with Gasteiger partial charge in [-0.1, -0.05) is 18.5 Å². The van der Waals surface area contributed by atoms with Crippen LogP contribution >= 0.6 is 11.6 Å². The summed E-state index contributed by atoms with van der Waals surface area (Å²) in [5, 5.41) is 0.660. The molecule has 2 nitrogen and oxygen atoms in total. The van der Waals surface area contributed by atoms with Crippen LogP contribution in [-0.2, 0) is 4.79 Å². The lowest BCUT2D eigenvalue weighted by Gasteiger charge is -2.14. The number of benzene rings is 1. The third kappa shape index (κ3) is 3.04. The summed E-state index contributed by atoms with van der Waals surface area (Å²) in [7, 11) is 0. The van der Waals surface area contributed by atoms with E-state index in [1.807, 2.05) is 6.92 Å². The second-order valence-electron chi connectivity index (χ2n) is 3.08. The molecule has 0 heterocycles. The van der Waals surface area contributed by atoms with E-state index in [1.54, 1.807) is 24.3 Å². The summed E-state index contributed by atoms with van der Waals surface area (Å²) in [6.07, 6.45) is 0.328. The Hall–Kier alpha value is -1.02. The molecule has 3 heteroatoms. The molecule has 0 saturated heterocycles. The van der Waals surface area contributed by atoms with Gasteiger partial charge < -0.3 is 4.74 Å². The summed E-state index contributed by atoms with van der Waals surface area (Å²) in [5.74, 6) is 0.721. The highest BCUT2D eigenvalue weighted by Gasteiger charge is 2.12. The fourth-order valence-corrected chi connectivity index (χ4v) is 1.26. The van der Waals surface area contributed by atoms with Gasteiger partial charge in [0.15, 0.2) is 11.9 Å². The molecule has 0 aliphatic rings. The van der Waals surface area contributed by atoms with Crippen LogP contribution in [0.4, 0.5) is 0 Å². The first kappa shape index (κ1) is 11.1. The molecule has 0 N–H and O–H groups in total. The first-order valence-corrected chi connectivity index (χ1v) is 4.94. The minimum Gasteiger partial charge on any atom is -0.483 e. The van der Waals surface area contributed by atoms with Crippen molar-refractivity contribution < 1.29 is 9.53 Å². The van der Waals surface area contributed by atoms with Gasteiger partial charge in [-0.15, -0.1) is 0 Å². The van der Waals surface area contributed by atoms with Gasteiger partial charge in [0, 0.05) is 5.02 Å². The molecule has 1 rings (SSSR count). The van der Waals surface area contributed by atoms with Crippen LogP contribution in [-0.4, -0.2) is 11.9 Å². The molecule has 1 aromatic carbocycles. The molecule has 1 unspecified atom stereocenters. The lowest BCUT2D eigenvalue weighted by Crippen LogP contribution is -2.23. The Balaban J connectivity index is 2.67. The Morgan fingerprint density at radius 3 is 2.43 bits per heavy atom.